The maximum Gasteiger partial charge on any atom is 0.490 e. The fraction of sp³-hybridized carbons (Fsp3) is 0.625. The van der Waals surface area contributed by atoms with Gasteiger partial charge in [0.05, 0.1) is 33.0 Å². The van der Waals surface area contributed by atoms with Gasteiger partial charge in [-0.05, 0) is 32.8 Å². The number of methoxy groups -OCH3 is 2. The summed E-state index contributed by atoms with van der Waals surface area (Å²) in [6.07, 6.45) is -2.88. The lowest BCUT2D eigenvalue weighted by molar-refractivity contribution is -0.192. The number of carbonyl (C=O) groups is 1. The number of piperidine rings is 1. The molecule has 206 valence electrons. The Bertz CT molecular complexity index is 1060. The summed E-state index contributed by atoms with van der Waals surface area (Å²) in [6, 6.07) is 4.90. The Balaban J connectivity index is 0.000000479. The average Bonchev–Trinajstić information content (AvgIpc) is 2.88. The zero-order valence-electron chi connectivity index (χ0n) is 21.5. The van der Waals surface area contributed by atoms with Gasteiger partial charge in [0.25, 0.3) is 0 Å². The van der Waals surface area contributed by atoms with Gasteiger partial charge in [0.15, 0.2) is 11.5 Å². The highest BCUT2D eigenvalue weighted by atomic mass is 19.4. The van der Waals surface area contributed by atoms with Crippen LogP contribution in [-0.4, -0.2) is 97.8 Å². The molecule has 37 heavy (non-hydrogen) atoms. The number of aliphatic carboxylic acids is 1. The normalized spacial score (nSPS) is 17.4. The minimum atomic E-state index is -5.08. The van der Waals surface area contributed by atoms with Crippen molar-refractivity contribution >= 4 is 28.6 Å². The van der Waals surface area contributed by atoms with Crippen molar-refractivity contribution in [3.05, 3.63) is 12.1 Å². The lowest BCUT2D eigenvalue weighted by Crippen LogP contribution is -2.42. The van der Waals surface area contributed by atoms with Crippen LogP contribution in [0.15, 0.2) is 12.1 Å². The summed E-state index contributed by atoms with van der Waals surface area (Å²) in [4.78, 5) is 23.4. The minimum absolute atomic E-state index is 0.392. The number of ether oxygens (including phenoxy) is 3. The molecule has 2 aromatic rings. The lowest BCUT2D eigenvalue weighted by Gasteiger charge is -2.35. The van der Waals surface area contributed by atoms with Crippen LogP contribution in [0, 0.1) is 0 Å². The fourth-order valence-corrected chi connectivity index (χ4v) is 4.21. The predicted molar refractivity (Wildman–Crippen MR) is 133 cm³/mol. The van der Waals surface area contributed by atoms with Gasteiger partial charge in [0.2, 0.25) is 5.95 Å². The van der Waals surface area contributed by atoms with Gasteiger partial charge in [-0.1, -0.05) is 0 Å². The van der Waals surface area contributed by atoms with Gasteiger partial charge < -0.3 is 34.4 Å². The molecule has 2 aliphatic rings. The van der Waals surface area contributed by atoms with Crippen LogP contribution < -0.4 is 19.7 Å². The number of alkyl halides is 3. The Morgan fingerprint density at radius 1 is 1.08 bits per heavy atom. The van der Waals surface area contributed by atoms with Crippen molar-refractivity contribution in [1.82, 2.24) is 14.9 Å². The van der Waals surface area contributed by atoms with Crippen LogP contribution in [0.1, 0.15) is 26.7 Å². The third-order valence-electron chi connectivity index (χ3n) is 6.33. The summed E-state index contributed by atoms with van der Waals surface area (Å²) >= 11 is 0. The highest BCUT2D eigenvalue weighted by molar-refractivity contribution is 5.93. The summed E-state index contributed by atoms with van der Waals surface area (Å²) in [7, 11) is 3.30. The van der Waals surface area contributed by atoms with Gasteiger partial charge in [-0.3, -0.25) is 0 Å². The summed E-state index contributed by atoms with van der Waals surface area (Å²) < 4.78 is 48.3. The van der Waals surface area contributed by atoms with Crippen LogP contribution in [-0.2, 0) is 9.53 Å². The first-order chi connectivity index (χ1) is 17.5. The lowest BCUT2D eigenvalue weighted by atomic mass is 10.0. The molecule has 1 aromatic carbocycles. The molecule has 0 amide bonds. The number of benzene rings is 1. The van der Waals surface area contributed by atoms with Crippen LogP contribution in [0.5, 0.6) is 11.5 Å². The van der Waals surface area contributed by atoms with Crippen molar-refractivity contribution in [2.45, 2.75) is 44.9 Å². The molecule has 1 aromatic heterocycles. The summed E-state index contributed by atoms with van der Waals surface area (Å²) in [5.74, 6) is 0.205. The Hall–Kier alpha value is -3.06. The van der Waals surface area contributed by atoms with Gasteiger partial charge in [-0.25, -0.2) is 9.78 Å². The molecule has 2 fully saturated rings. The Morgan fingerprint density at radius 2 is 1.65 bits per heavy atom. The van der Waals surface area contributed by atoms with Crippen molar-refractivity contribution < 1.29 is 37.3 Å². The monoisotopic (exact) mass is 529 g/mol. The molecule has 0 saturated carbocycles. The number of anilines is 2. The van der Waals surface area contributed by atoms with E-state index < -0.39 is 12.1 Å². The molecule has 0 spiro atoms. The zero-order chi connectivity index (χ0) is 27.2. The largest absolute Gasteiger partial charge is 0.493 e. The highest BCUT2D eigenvalue weighted by Gasteiger charge is 2.38. The van der Waals surface area contributed by atoms with Crippen LogP contribution >= 0.6 is 0 Å². The van der Waals surface area contributed by atoms with E-state index in [1.807, 2.05) is 12.1 Å². The van der Waals surface area contributed by atoms with Gasteiger partial charge in [0, 0.05) is 49.7 Å². The van der Waals surface area contributed by atoms with Crippen molar-refractivity contribution in [3.63, 3.8) is 0 Å². The van der Waals surface area contributed by atoms with Gasteiger partial charge in [-0.15, -0.1) is 0 Å². The highest BCUT2D eigenvalue weighted by Crippen LogP contribution is 2.35. The summed E-state index contributed by atoms with van der Waals surface area (Å²) in [6.45, 7) is 9.72. The Labute approximate surface area is 213 Å². The molecule has 4 rings (SSSR count). The third kappa shape index (κ3) is 7.48. The van der Waals surface area contributed by atoms with Crippen LogP contribution in [0.4, 0.5) is 24.9 Å². The molecule has 0 unspecified atom stereocenters. The summed E-state index contributed by atoms with van der Waals surface area (Å²) in [5, 5.41) is 11.8. The van der Waals surface area contributed by atoms with Gasteiger partial charge >= 0.3 is 12.1 Å². The van der Waals surface area contributed by atoms with Crippen molar-refractivity contribution in [3.8, 4) is 11.5 Å². The second-order valence-electron chi connectivity index (χ2n) is 9.05. The number of carboxylic acid groups (broad SMARTS) is 1. The van der Waals surface area contributed by atoms with E-state index in [-0.39, 0.29) is 0 Å². The van der Waals surface area contributed by atoms with Crippen LogP contribution in [0.25, 0.3) is 10.9 Å². The number of nitrogens with zero attached hydrogens (tertiary/aromatic N) is 4. The first kappa shape index (κ1) is 28.5. The van der Waals surface area contributed by atoms with Gasteiger partial charge in [-0.2, -0.15) is 18.2 Å². The molecule has 0 bridgehead atoms. The molecule has 13 heteroatoms. The number of rotatable bonds is 6. The first-order valence-electron chi connectivity index (χ1n) is 12.1. The van der Waals surface area contributed by atoms with Gasteiger partial charge in [0.1, 0.15) is 5.82 Å². The van der Waals surface area contributed by atoms with Crippen molar-refractivity contribution in [2.75, 3.05) is 63.8 Å². The SMILES string of the molecule is COc1cc2nc(N3CCOCC3)nc(NC3CCN(C(C)C)CC3)c2cc1OC.O=C(O)C(F)(F)F. The molecular weight excluding hydrogens is 495 g/mol. The topological polar surface area (TPSA) is 109 Å². The van der Waals surface area contributed by atoms with E-state index in [0.29, 0.717) is 36.8 Å². The van der Waals surface area contributed by atoms with E-state index >= 15 is 0 Å². The van der Waals surface area contributed by atoms with E-state index in [1.165, 1.54) is 0 Å². The fourth-order valence-electron chi connectivity index (χ4n) is 4.21. The van der Waals surface area contributed by atoms with E-state index in [9.17, 15) is 13.2 Å². The van der Waals surface area contributed by atoms with Crippen LogP contribution in [0.2, 0.25) is 0 Å². The average molecular weight is 530 g/mol. The Morgan fingerprint density at radius 3 is 2.16 bits per heavy atom. The Kier molecular flexibility index (Phi) is 9.60. The zero-order valence-corrected chi connectivity index (χ0v) is 21.5. The number of nitrogens with one attached hydrogen (secondary N) is 1. The van der Waals surface area contributed by atoms with E-state index in [4.69, 9.17) is 34.1 Å². The number of fused-ring (bicyclic) bond motifs is 1. The number of hydrogen-bond acceptors (Lipinski definition) is 9. The molecule has 2 N–H and O–H groups in total. The van der Waals surface area contributed by atoms with Crippen molar-refractivity contribution in [1.29, 1.82) is 0 Å². The minimum Gasteiger partial charge on any atom is -0.493 e. The predicted octanol–water partition coefficient (Wildman–Crippen LogP) is 3.40. The molecule has 0 atom stereocenters. The number of carboxylic acids is 1. The second-order valence-corrected chi connectivity index (χ2v) is 9.05. The van der Waals surface area contributed by atoms with E-state index in [1.54, 1.807) is 14.2 Å². The maximum absolute atomic E-state index is 10.6. The number of aromatic nitrogens is 2. The number of morpholine rings is 1. The maximum atomic E-state index is 10.6. The van der Waals surface area contributed by atoms with Crippen LogP contribution in [0.3, 0.4) is 0 Å². The second kappa shape index (κ2) is 12.5. The molecule has 0 radical (unpaired) electrons. The molecular formula is C24H34F3N5O5. The molecule has 2 saturated heterocycles. The third-order valence-corrected chi connectivity index (χ3v) is 6.33. The quantitative estimate of drug-likeness (QED) is 0.578. The van der Waals surface area contributed by atoms with E-state index in [2.05, 4.69) is 29.0 Å². The molecule has 10 nitrogen and oxygen atoms in total. The number of likely N-dealkylation sites (tertiary alicyclic amines) is 1. The smallest absolute Gasteiger partial charge is 0.490 e. The molecule has 2 aliphatic heterocycles. The molecule has 3 heterocycles. The summed E-state index contributed by atoms with van der Waals surface area (Å²) in [5.41, 5.74) is 0.853. The van der Waals surface area contributed by atoms with E-state index in [0.717, 1.165) is 61.7 Å². The number of hydrogen-bond donors (Lipinski definition) is 2. The number of halogens is 3. The van der Waals surface area contributed by atoms with Crippen molar-refractivity contribution in [2.24, 2.45) is 0 Å². The first-order valence-corrected chi connectivity index (χ1v) is 12.1. The molecule has 0 aliphatic carbocycles. The standard InChI is InChI=1S/C22H33N5O3.C2HF3O2/c1-15(2)26-7-5-16(6-8-26)23-21-17-13-19(28-3)20(29-4)14-18(17)24-22(25-21)27-9-11-30-12-10-27;3-2(4,5)1(6)7/h13-16H,5-12H2,1-4H3,(H,23,24,25);(H,6,7).